The van der Waals surface area contributed by atoms with Crippen LogP contribution in [0.3, 0.4) is 0 Å². The molecule has 0 unspecified atom stereocenters. The molecule has 7 nitrogen and oxygen atoms in total. The second-order valence-electron chi connectivity index (χ2n) is 10.5. The summed E-state index contributed by atoms with van der Waals surface area (Å²) in [6, 6.07) is 45.2. The number of aliphatic imine (C=N–C) groups is 1. The number of para-hydroxylation sites is 3. The lowest BCUT2D eigenvalue weighted by Crippen LogP contribution is -2.32. The number of hydrogen-bond acceptors (Lipinski definition) is 6. The highest BCUT2D eigenvalue weighted by molar-refractivity contribution is 6.12. The molecule has 0 saturated carbocycles. The average molecular weight is 608 g/mol. The second kappa shape index (κ2) is 14.2. The molecule has 0 bridgehead atoms. The minimum absolute atomic E-state index is 0.111. The highest BCUT2D eigenvalue weighted by Gasteiger charge is 2.35. The summed E-state index contributed by atoms with van der Waals surface area (Å²) >= 11 is 0. The van der Waals surface area contributed by atoms with Crippen LogP contribution in [0, 0.1) is 0 Å². The lowest BCUT2D eigenvalue weighted by atomic mass is 10.1. The van der Waals surface area contributed by atoms with Crippen LogP contribution in [-0.4, -0.2) is 35.9 Å². The molecule has 1 aliphatic rings. The Balaban J connectivity index is 1.31. The maximum absolute atomic E-state index is 13.8. The number of rotatable bonds is 10. The van der Waals surface area contributed by atoms with Crippen molar-refractivity contribution in [2.24, 2.45) is 4.99 Å². The fourth-order valence-electron chi connectivity index (χ4n) is 5.20. The van der Waals surface area contributed by atoms with Crippen molar-refractivity contribution in [3.63, 3.8) is 0 Å². The Bertz CT molecular complexity index is 1820. The molecule has 5 aromatic rings. The van der Waals surface area contributed by atoms with Crippen LogP contribution in [0.25, 0.3) is 6.08 Å². The van der Waals surface area contributed by atoms with Crippen molar-refractivity contribution >= 4 is 46.7 Å². The molecule has 5 aromatic carbocycles. The number of hydrogen-bond donors (Lipinski definition) is 0. The molecule has 1 saturated heterocycles. The highest BCUT2D eigenvalue weighted by Crippen LogP contribution is 2.34. The zero-order valence-corrected chi connectivity index (χ0v) is 25.5. The molecule has 0 N–H and O–H groups in total. The molecule has 1 fully saturated rings. The quantitative estimate of drug-likeness (QED) is 0.118. The third kappa shape index (κ3) is 6.89. The van der Waals surface area contributed by atoms with Gasteiger partial charge in [-0.25, -0.2) is 4.79 Å². The first-order valence-corrected chi connectivity index (χ1v) is 15.2. The molecule has 1 amide bonds. The Kier molecular flexibility index (Phi) is 9.30. The van der Waals surface area contributed by atoms with Gasteiger partial charge in [-0.1, -0.05) is 91.0 Å². The normalized spacial score (nSPS) is 14.4. The maximum Gasteiger partial charge on any atom is 0.340 e. The maximum atomic E-state index is 13.8. The van der Waals surface area contributed by atoms with E-state index < -0.39 is 5.97 Å². The number of amides is 1. The molecule has 7 heteroatoms. The van der Waals surface area contributed by atoms with E-state index in [-0.39, 0.29) is 24.3 Å². The van der Waals surface area contributed by atoms with Crippen molar-refractivity contribution in [3.05, 3.63) is 162 Å². The standard InChI is InChI=1S/C39H33N3O4/c1-2-45-38(44)34-20-12-13-21-35(34)40-39-41(27-26-29-14-6-3-7-15-29)37(43)36(46-39)28-30-22-24-33(25-23-30)42(31-16-8-4-9-17-31)32-18-10-5-11-19-32/h3-25,28H,2,26-27H2,1H3. The summed E-state index contributed by atoms with van der Waals surface area (Å²) in [7, 11) is 0. The fourth-order valence-corrected chi connectivity index (χ4v) is 5.20. The predicted molar refractivity (Wildman–Crippen MR) is 182 cm³/mol. The van der Waals surface area contributed by atoms with Crippen molar-refractivity contribution < 1.29 is 19.1 Å². The molecular weight excluding hydrogens is 574 g/mol. The van der Waals surface area contributed by atoms with Gasteiger partial charge in [0.1, 0.15) is 0 Å². The number of carbonyl (C=O) groups is 2. The van der Waals surface area contributed by atoms with Crippen LogP contribution < -0.4 is 4.90 Å². The van der Waals surface area contributed by atoms with Crippen molar-refractivity contribution in [2.45, 2.75) is 13.3 Å². The summed E-state index contributed by atoms with van der Waals surface area (Å²) in [6.45, 7) is 2.34. The van der Waals surface area contributed by atoms with Gasteiger partial charge >= 0.3 is 12.0 Å². The predicted octanol–water partition coefficient (Wildman–Crippen LogP) is 8.46. The van der Waals surface area contributed by atoms with Gasteiger partial charge in [-0.3, -0.25) is 9.69 Å². The van der Waals surface area contributed by atoms with Crippen molar-refractivity contribution in [1.29, 1.82) is 0 Å². The molecule has 0 radical (unpaired) electrons. The minimum Gasteiger partial charge on any atom is -0.462 e. The van der Waals surface area contributed by atoms with Crippen LogP contribution in [0.2, 0.25) is 0 Å². The van der Waals surface area contributed by atoms with Gasteiger partial charge in [-0.15, -0.1) is 0 Å². The number of carbonyl (C=O) groups excluding carboxylic acids is 2. The molecular formula is C39H33N3O4. The van der Waals surface area contributed by atoms with E-state index >= 15 is 0 Å². The Morgan fingerprint density at radius 3 is 1.96 bits per heavy atom. The summed E-state index contributed by atoms with van der Waals surface area (Å²) in [6.07, 6.45) is 2.32. The van der Waals surface area contributed by atoms with Gasteiger partial charge < -0.3 is 14.4 Å². The first kappa shape index (κ1) is 30.1. The average Bonchev–Trinajstić information content (AvgIpc) is 3.39. The van der Waals surface area contributed by atoms with Gasteiger partial charge in [-0.2, -0.15) is 4.99 Å². The van der Waals surface area contributed by atoms with Gasteiger partial charge in [0.05, 0.1) is 17.9 Å². The molecule has 0 spiro atoms. The molecule has 46 heavy (non-hydrogen) atoms. The largest absolute Gasteiger partial charge is 0.462 e. The number of anilines is 3. The highest BCUT2D eigenvalue weighted by atomic mass is 16.5. The lowest BCUT2D eigenvalue weighted by molar-refractivity contribution is -0.122. The van der Waals surface area contributed by atoms with E-state index in [1.807, 2.05) is 91.0 Å². The van der Waals surface area contributed by atoms with Gasteiger partial charge in [0.25, 0.3) is 5.91 Å². The Labute approximate surface area is 268 Å². The van der Waals surface area contributed by atoms with E-state index in [0.717, 1.165) is 28.2 Å². The van der Waals surface area contributed by atoms with Gasteiger partial charge in [0.2, 0.25) is 0 Å². The second-order valence-corrected chi connectivity index (χ2v) is 10.5. The Morgan fingerprint density at radius 1 is 0.761 bits per heavy atom. The fraction of sp³-hybridized carbons (Fsp3) is 0.103. The topological polar surface area (TPSA) is 71.4 Å². The van der Waals surface area contributed by atoms with Crippen molar-refractivity contribution in [3.8, 4) is 0 Å². The van der Waals surface area contributed by atoms with Crippen molar-refractivity contribution in [1.82, 2.24) is 4.90 Å². The molecule has 0 aromatic heterocycles. The van der Waals surface area contributed by atoms with Gasteiger partial charge in [0, 0.05) is 23.6 Å². The van der Waals surface area contributed by atoms with Crippen LogP contribution in [-0.2, 0) is 20.7 Å². The van der Waals surface area contributed by atoms with Crippen LogP contribution in [0.4, 0.5) is 22.7 Å². The first-order valence-electron chi connectivity index (χ1n) is 15.2. The van der Waals surface area contributed by atoms with E-state index in [9.17, 15) is 9.59 Å². The summed E-state index contributed by atoms with van der Waals surface area (Å²) in [5.74, 6) is -0.641. The Hall–Kier alpha value is -5.95. The van der Waals surface area contributed by atoms with Crippen LogP contribution in [0.5, 0.6) is 0 Å². The molecule has 228 valence electrons. The number of benzene rings is 5. The Morgan fingerprint density at radius 2 is 1.33 bits per heavy atom. The van der Waals surface area contributed by atoms with E-state index in [4.69, 9.17) is 9.47 Å². The first-order chi connectivity index (χ1) is 22.6. The van der Waals surface area contributed by atoms with Crippen LogP contribution in [0.15, 0.2) is 150 Å². The number of ether oxygens (including phenoxy) is 2. The molecule has 1 aliphatic heterocycles. The summed E-state index contributed by atoms with van der Waals surface area (Å²) in [4.78, 5) is 34.7. The van der Waals surface area contributed by atoms with E-state index in [1.54, 1.807) is 37.3 Å². The molecule has 1 heterocycles. The third-order valence-electron chi connectivity index (χ3n) is 7.45. The van der Waals surface area contributed by atoms with E-state index in [2.05, 4.69) is 34.2 Å². The third-order valence-corrected chi connectivity index (χ3v) is 7.45. The van der Waals surface area contributed by atoms with Crippen LogP contribution in [0.1, 0.15) is 28.4 Å². The van der Waals surface area contributed by atoms with Crippen LogP contribution >= 0.6 is 0 Å². The summed E-state index contributed by atoms with van der Waals surface area (Å²) in [5, 5.41) is 0. The van der Waals surface area contributed by atoms with Gasteiger partial charge in [0.15, 0.2) is 5.76 Å². The van der Waals surface area contributed by atoms with E-state index in [1.165, 1.54) is 4.90 Å². The number of amidine groups is 1. The van der Waals surface area contributed by atoms with Gasteiger partial charge in [-0.05, 0) is 79.1 Å². The molecule has 0 atom stereocenters. The zero-order valence-electron chi connectivity index (χ0n) is 25.5. The lowest BCUT2D eigenvalue weighted by Gasteiger charge is -2.25. The minimum atomic E-state index is -0.487. The molecule has 6 rings (SSSR count). The zero-order chi connectivity index (χ0) is 31.7. The monoisotopic (exact) mass is 607 g/mol. The number of esters is 1. The smallest absolute Gasteiger partial charge is 0.340 e. The van der Waals surface area contributed by atoms with E-state index in [0.29, 0.717) is 24.2 Å². The summed E-state index contributed by atoms with van der Waals surface area (Å²) < 4.78 is 11.3. The van der Waals surface area contributed by atoms with Crippen molar-refractivity contribution in [2.75, 3.05) is 18.1 Å². The molecule has 0 aliphatic carbocycles. The number of nitrogens with zero attached hydrogens (tertiary/aromatic N) is 3. The SMILES string of the molecule is CCOC(=O)c1ccccc1N=C1OC(=Cc2ccc(N(c3ccccc3)c3ccccc3)cc2)C(=O)N1CCc1ccccc1. The summed E-state index contributed by atoms with van der Waals surface area (Å²) in [5.41, 5.74) is 5.58.